The van der Waals surface area contributed by atoms with Gasteiger partial charge in [-0.1, -0.05) is 29.5 Å². The number of aromatic nitrogens is 2. The predicted molar refractivity (Wildman–Crippen MR) is 100.0 cm³/mol. The highest BCUT2D eigenvalue weighted by Crippen LogP contribution is 2.45. The summed E-state index contributed by atoms with van der Waals surface area (Å²) < 4.78 is 6.45. The van der Waals surface area contributed by atoms with Gasteiger partial charge < -0.3 is 14.6 Å². The Kier molecular flexibility index (Phi) is 3.05. The standard InChI is InChI=1S/C20H21N3OS/c1-2-4-17-15(3-1)16(7-21-17)18-8-22-20(25-18)24-19-13-5-12-6-14(19)11-23(9-12)10-13/h1-4,7-8,12-14,19,21H,5-6,9-11H2/t12?,13-,14-,19?/m0/s1. The molecule has 2 aromatic heterocycles. The largest absolute Gasteiger partial charge is 0.466 e. The topological polar surface area (TPSA) is 41.1 Å². The lowest BCUT2D eigenvalue weighted by molar-refractivity contribution is -0.0985. The van der Waals surface area contributed by atoms with Crippen molar-refractivity contribution in [2.75, 3.05) is 19.6 Å². The van der Waals surface area contributed by atoms with Gasteiger partial charge in [-0.3, -0.25) is 0 Å². The molecule has 0 amide bonds. The van der Waals surface area contributed by atoms with Gasteiger partial charge in [0, 0.05) is 60.3 Å². The van der Waals surface area contributed by atoms with Crippen molar-refractivity contribution < 1.29 is 4.74 Å². The van der Waals surface area contributed by atoms with Crippen LogP contribution >= 0.6 is 11.3 Å². The van der Waals surface area contributed by atoms with E-state index in [1.54, 1.807) is 11.3 Å². The van der Waals surface area contributed by atoms with Crippen molar-refractivity contribution in [2.24, 2.45) is 17.8 Å². The van der Waals surface area contributed by atoms with Crippen LogP contribution in [0.5, 0.6) is 5.19 Å². The fraction of sp³-hybridized carbons (Fsp3) is 0.450. The summed E-state index contributed by atoms with van der Waals surface area (Å²) in [6.45, 7) is 3.76. The van der Waals surface area contributed by atoms with Crippen molar-refractivity contribution >= 4 is 22.2 Å². The first-order valence-corrected chi connectivity index (χ1v) is 10.1. The Balaban J connectivity index is 1.28. The Morgan fingerprint density at radius 3 is 2.80 bits per heavy atom. The number of fused-ring (bicyclic) bond motifs is 1. The zero-order valence-corrected chi connectivity index (χ0v) is 14.8. The van der Waals surface area contributed by atoms with Gasteiger partial charge >= 0.3 is 0 Å². The van der Waals surface area contributed by atoms with Crippen LogP contribution in [0.25, 0.3) is 21.3 Å². The number of rotatable bonds is 3. The molecule has 25 heavy (non-hydrogen) atoms. The number of aromatic amines is 1. The smallest absolute Gasteiger partial charge is 0.274 e. The van der Waals surface area contributed by atoms with Crippen molar-refractivity contribution in [3.8, 4) is 15.6 Å². The molecule has 1 saturated carbocycles. The highest BCUT2D eigenvalue weighted by atomic mass is 32.1. The summed E-state index contributed by atoms with van der Waals surface area (Å²) >= 11 is 1.68. The molecule has 5 heterocycles. The summed E-state index contributed by atoms with van der Waals surface area (Å²) in [6, 6.07) is 8.42. The van der Waals surface area contributed by atoms with Gasteiger partial charge in [-0.2, -0.15) is 0 Å². The molecule has 3 saturated heterocycles. The van der Waals surface area contributed by atoms with Crippen LogP contribution in [0.15, 0.2) is 36.7 Å². The summed E-state index contributed by atoms with van der Waals surface area (Å²) in [5, 5.41) is 2.09. The molecular formula is C20H21N3OS. The molecule has 0 spiro atoms. The second-order valence-corrected chi connectivity index (χ2v) is 8.89. The third-order valence-electron chi connectivity index (χ3n) is 6.28. The first-order valence-electron chi connectivity index (χ1n) is 9.25. The number of H-pyrrole nitrogens is 1. The van der Waals surface area contributed by atoms with Gasteiger partial charge in [0.05, 0.1) is 4.88 Å². The third kappa shape index (κ3) is 2.26. The SMILES string of the molecule is c1ccc2c(-c3cnc(OC4[C@H]5CC6C[C@H]4CN(C6)C5)s3)c[nH]c2c1. The molecule has 1 aromatic carbocycles. The number of para-hydroxylation sites is 1. The number of nitrogens with one attached hydrogen (secondary N) is 1. The molecule has 5 heteroatoms. The van der Waals surface area contributed by atoms with Gasteiger partial charge in [-0.05, 0) is 24.8 Å². The van der Waals surface area contributed by atoms with E-state index < -0.39 is 0 Å². The minimum atomic E-state index is 0.370. The van der Waals surface area contributed by atoms with Crippen LogP contribution in [0, 0.1) is 17.8 Å². The molecule has 1 aliphatic carbocycles. The van der Waals surface area contributed by atoms with E-state index in [1.165, 1.54) is 53.8 Å². The fourth-order valence-corrected chi connectivity index (χ4v) is 6.22. The maximum Gasteiger partial charge on any atom is 0.274 e. The van der Waals surface area contributed by atoms with E-state index in [-0.39, 0.29) is 0 Å². The van der Waals surface area contributed by atoms with E-state index in [9.17, 15) is 0 Å². The van der Waals surface area contributed by atoms with Crippen molar-refractivity contribution in [3.63, 3.8) is 0 Å². The first-order chi connectivity index (χ1) is 12.3. The molecule has 1 N–H and O–H groups in total. The first kappa shape index (κ1) is 14.3. The lowest BCUT2D eigenvalue weighted by atomic mass is 9.66. The maximum absolute atomic E-state index is 6.45. The minimum absolute atomic E-state index is 0.370. The molecule has 4 bridgehead atoms. The highest BCUT2D eigenvalue weighted by Gasteiger charge is 2.48. The normalized spacial score (nSPS) is 33.2. The molecule has 4 aliphatic rings. The van der Waals surface area contributed by atoms with Crippen LogP contribution < -0.4 is 4.74 Å². The van der Waals surface area contributed by atoms with E-state index in [0.29, 0.717) is 17.9 Å². The number of ether oxygens (including phenoxy) is 1. The summed E-state index contributed by atoms with van der Waals surface area (Å²) in [5.41, 5.74) is 2.39. The minimum Gasteiger partial charge on any atom is -0.466 e. The van der Waals surface area contributed by atoms with Gasteiger partial charge in [0.25, 0.3) is 5.19 Å². The van der Waals surface area contributed by atoms with Crippen LogP contribution in [0.3, 0.4) is 0 Å². The van der Waals surface area contributed by atoms with Crippen LogP contribution in [0.2, 0.25) is 0 Å². The van der Waals surface area contributed by atoms with E-state index >= 15 is 0 Å². The van der Waals surface area contributed by atoms with Crippen LogP contribution in [0.4, 0.5) is 0 Å². The highest BCUT2D eigenvalue weighted by molar-refractivity contribution is 7.16. The number of piperidine rings is 3. The Morgan fingerprint density at radius 1 is 1.12 bits per heavy atom. The quantitative estimate of drug-likeness (QED) is 0.775. The number of benzene rings is 1. The molecule has 128 valence electrons. The monoisotopic (exact) mass is 351 g/mol. The van der Waals surface area contributed by atoms with E-state index in [1.807, 2.05) is 6.20 Å². The van der Waals surface area contributed by atoms with E-state index in [0.717, 1.165) is 11.1 Å². The Bertz CT molecular complexity index is 902. The molecular weight excluding hydrogens is 330 g/mol. The zero-order chi connectivity index (χ0) is 16.4. The van der Waals surface area contributed by atoms with Crippen molar-refractivity contribution in [2.45, 2.75) is 18.9 Å². The molecule has 0 radical (unpaired) electrons. The summed E-state index contributed by atoms with van der Waals surface area (Å²) in [7, 11) is 0. The summed E-state index contributed by atoms with van der Waals surface area (Å²) in [5.74, 6) is 2.31. The number of hydrogen-bond donors (Lipinski definition) is 1. The third-order valence-corrected chi connectivity index (χ3v) is 7.20. The van der Waals surface area contributed by atoms with Gasteiger partial charge in [-0.15, -0.1) is 0 Å². The van der Waals surface area contributed by atoms with Gasteiger partial charge in [0.15, 0.2) is 0 Å². The maximum atomic E-state index is 6.45. The summed E-state index contributed by atoms with van der Waals surface area (Å²) in [6.07, 6.45) is 7.11. The van der Waals surface area contributed by atoms with Crippen molar-refractivity contribution in [1.29, 1.82) is 0 Å². The lowest BCUT2D eigenvalue weighted by Gasteiger charge is -2.55. The second-order valence-electron chi connectivity index (χ2n) is 7.90. The van der Waals surface area contributed by atoms with E-state index in [2.05, 4.69) is 45.3 Å². The van der Waals surface area contributed by atoms with Crippen LogP contribution in [-0.2, 0) is 0 Å². The van der Waals surface area contributed by atoms with Gasteiger partial charge in [-0.25, -0.2) is 4.98 Å². The number of hydrogen-bond acceptors (Lipinski definition) is 4. The average Bonchev–Trinajstić information content (AvgIpc) is 3.24. The molecule has 2 atom stereocenters. The lowest BCUT2D eigenvalue weighted by Crippen LogP contribution is -2.61. The molecule has 4 fully saturated rings. The van der Waals surface area contributed by atoms with Crippen LogP contribution in [0.1, 0.15) is 12.8 Å². The molecule has 3 aliphatic heterocycles. The second kappa shape index (κ2) is 5.32. The Morgan fingerprint density at radius 2 is 1.96 bits per heavy atom. The summed E-state index contributed by atoms with van der Waals surface area (Å²) in [4.78, 5) is 11.8. The number of thiazole rings is 1. The Hall–Kier alpha value is -1.85. The molecule has 0 unspecified atom stereocenters. The zero-order valence-electron chi connectivity index (χ0n) is 14.0. The average molecular weight is 351 g/mol. The van der Waals surface area contributed by atoms with E-state index in [4.69, 9.17) is 4.74 Å². The van der Waals surface area contributed by atoms with Crippen LogP contribution in [-0.4, -0.2) is 40.6 Å². The molecule has 3 aromatic rings. The van der Waals surface area contributed by atoms with Gasteiger partial charge in [0.1, 0.15) is 6.10 Å². The fourth-order valence-electron chi connectivity index (χ4n) is 5.38. The molecule has 4 nitrogen and oxygen atoms in total. The Labute approximate surface area is 150 Å². The molecule has 7 rings (SSSR count). The van der Waals surface area contributed by atoms with Crippen molar-refractivity contribution in [1.82, 2.24) is 14.9 Å². The van der Waals surface area contributed by atoms with Crippen molar-refractivity contribution in [3.05, 3.63) is 36.7 Å². The number of nitrogens with zero attached hydrogens (tertiary/aromatic N) is 2. The van der Waals surface area contributed by atoms with Gasteiger partial charge in [0.2, 0.25) is 0 Å². The predicted octanol–water partition coefficient (Wildman–Crippen LogP) is 4.01.